The van der Waals surface area contributed by atoms with Crippen molar-refractivity contribution in [3.8, 4) is 0 Å². The summed E-state index contributed by atoms with van der Waals surface area (Å²) in [5.74, 6) is 0. The predicted octanol–water partition coefficient (Wildman–Crippen LogP) is 3.46. The highest BCUT2D eigenvalue weighted by Gasteiger charge is 2.30. The molecule has 1 aliphatic rings. The number of rotatable bonds is 5. The number of pyridine rings is 1. The molecule has 0 saturated heterocycles. The molecule has 1 heterocycles. The first-order valence-corrected chi connectivity index (χ1v) is 10.2. The van der Waals surface area contributed by atoms with Gasteiger partial charge in [0.25, 0.3) is 10.0 Å². The van der Waals surface area contributed by atoms with Crippen LogP contribution in [0, 0.1) is 0 Å². The van der Waals surface area contributed by atoms with Crippen molar-refractivity contribution < 1.29 is 8.42 Å². The lowest BCUT2D eigenvalue weighted by Crippen LogP contribution is -2.43. The van der Waals surface area contributed by atoms with E-state index in [1.54, 1.807) is 23.9 Å². The average Bonchev–Trinajstić information content (AvgIpc) is 2.58. The van der Waals surface area contributed by atoms with Crippen LogP contribution in [0.5, 0.6) is 0 Å². The summed E-state index contributed by atoms with van der Waals surface area (Å²) >= 11 is 1.76. The lowest BCUT2D eigenvalue weighted by Gasteiger charge is -2.31. The van der Waals surface area contributed by atoms with Gasteiger partial charge in [0.05, 0.1) is 0 Å². The molecule has 6 heteroatoms. The molecule has 0 aliphatic heterocycles. The summed E-state index contributed by atoms with van der Waals surface area (Å²) in [7, 11) is -3.56. The van der Waals surface area contributed by atoms with E-state index in [9.17, 15) is 8.42 Å². The molecule has 0 radical (unpaired) electrons. The molecule has 23 heavy (non-hydrogen) atoms. The predicted molar refractivity (Wildman–Crippen MR) is 92.9 cm³/mol. The first-order chi connectivity index (χ1) is 11.1. The first-order valence-electron chi connectivity index (χ1n) is 7.80. The van der Waals surface area contributed by atoms with Crippen molar-refractivity contribution in [3.63, 3.8) is 0 Å². The van der Waals surface area contributed by atoms with E-state index < -0.39 is 10.0 Å². The Morgan fingerprint density at radius 3 is 2.48 bits per heavy atom. The van der Waals surface area contributed by atoms with Crippen LogP contribution in [-0.2, 0) is 10.0 Å². The molecule has 1 saturated carbocycles. The quantitative estimate of drug-likeness (QED) is 0.899. The van der Waals surface area contributed by atoms with E-state index in [1.165, 1.54) is 17.2 Å². The lowest BCUT2D eigenvalue weighted by molar-refractivity contribution is 0.422. The van der Waals surface area contributed by atoms with Gasteiger partial charge in [0.1, 0.15) is 0 Å². The van der Waals surface area contributed by atoms with Gasteiger partial charge in [0.2, 0.25) is 0 Å². The summed E-state index contributed by atoms with van der Waals surface area (Å²) < 4.78 is 27.9. The third-order valence-electron chi connectivity index (χ3n) is 3.95. The fourth-order valence-electron chi connectivity index (χ4n) is 2.81. The average molecular weight is 348 g/mol. The lowest BCUT2D eigenvalue weighted by atomic mass is 9.96. The fourth-order valence-corrected chi connectivity index (χ4v) is 5.47. The largest absolute Gasteiger partial charge is 0.258 e. The van der Waals surface area contributed by atoms with E-state index in [4.69, 9.17) is 0 Å². The maximum absolute atomic E-state index is 12.5. The van der Waals surface area contributed by atoms with Crippen LogP contribution in [0.3, 0.4) is 0 Å². The summed E-state index contributed by atoms with van der Waals surface area (Å²) in [4.78, 5) is 5.15. The van der Waals surface area contributed by atoms with Gasteiger partial charge in [-0.25, -0.2) is 18.1 Å². The van der Waals surface area contributed by atoms with Gasteiger partial charge in [-0.3, -0.25) is 0 Å². The summed E-state index contributed by atoms with van der Waals surface area (Å²) in [6, 6.07) is 15.0. The number of hydrogen-bond acceptors (Lipinski definition) is 4. The van der Waals surface area contributed by atoms with Crippen LogP contribution >= 0.6 is 11.8 Å². The number of hydrogen-bond donors (Lipinski definition) is 1. The van der Waals surface area contributed by atoms with Crippen molar-refractivity contribution in [1.29, 1.82) is 0 Å². The number of benzene rings is 1. The van der Waals surface area contributed by atoms with Crippen LogP contribution in [0.2, 0.25) is 0 Å². The molecule has 2 atom stereocenters. The van der Waals surface area contributed by atoms with E-state index in [0.717, 1.165) is 25.7 Å². The number of aromatic nitrogens is 1. The minimum Gasteiger partial charge on any atom is -0.243 e. The van der Waals surface area contributed by atoms with Gasteiger partial charge in [0.15, 0.2) is 5.03 Å². The Kier molecular flexibility index (Phi) is 5.35. The Morgan fingerprint density at radius 1 is 1.00 bits per heavy atom. The van der Waals surface area contributed by atoms with E-state index in [2.05, 4.69) is 21.8 Å². The summed E-state index contributed by atoms with van der Waals surface area (Å²) in [6.07, 6.45) is 5.60. The molecule has 0 amide bonds. The van der Waals surface area contributed by atoms with E-state index in [1.807, 2.05) is 18.2 Å². The highest BCUT2D eigenvalue weighted by Crippen LogP contribution is 2.34. The van der Waals surface area contributed by atoms with Crippen LogP contribution in [0.15, 0.2) is 64.6 Å². The van der Waals surface area contributed by atoms with Crippen LogP contribution < -0.4 is 4.72 Å². The second-order valence-electron chi connectivity index (χ2n) is 5.65. The van der Waals surface area contributed by atoms with Crippen molar-refractivity contribution in [3.05, 3.63) is 54.7 Å². The fraction of sp³-hybridized carbons (Fsp3) is 0.353. The molecular formula is C17H20N2O2S2. The number of nitrogens with zero attached hydrogens (tertiary/aromatic N) is 1. The molecule has 0 spiro atoms. The van der Waals surface area contributed by atoms with Gasteiger partial charge in [-0.15, -0.1) is 11.8 Å². The zero-order chi connectivity index (χ0) is 16.1. The summed E-state index contributed by atoms with van der Waals surface area (Å²) in [6.45, 7) is 0. The van der Waals surface area contributed by atoms with Gasteiger partial charge < -0.3 is 0 Å². The Balaban J connectivity index is 1.74. The van der Waals surface area contributed by atoms with Gasteiger partial charge in [-0.2, -0.15) is 0 Å². The maximum Gasteiger partial charge on any atom is 0.258 e. The highest BCUT2D eigenvalue weighted by molar-refractivity contribution is 8.00. The summed E-state index contributed by atoms with van der Waals surface area (Å²) in [5, 5.41) is 0.346. The first kappa shape index (κ1) is 16.5. The molecule has 4 nitrogen and oxygen atoms in total. The molecule has 1 aliphatic carbocycles. The van der Waals surface area contributed by atoms with Gasteiger partial charge in [0, 0.05) is 22.4 Å². The van der Waals surface area contributed by atoms with Crippen LogP contribution in [-0.4, -0.2) is 24.7 Å². The minimum atomic E-state index is -3.56. The summed E-state index contributed by atoms with van der Waals surface area (Å²) in [5.41, 5.74) is 0. The molecule has 2 unspecified atom stereocenters. The number of sulfonamides is 1. The van der Waals surface area contributed by atoms with Crippen molar-refractivity contribution in [2.75, 3.05) is 0 Å². The zero-order valence-corrected chi connectivity index (χ0v) is 14.4. The second kappa shape index (κ2) is 7.47. The van der Waals surface area contributed by atoms with Gasteiger partial charge >= 0.3 is 0 Å². The van der Waals surface area contributed by atoms with Crippen molar-refractivity contribution in [1.82, 2.24) is 9.71 Å². The standard InChI is InChI=1S/C17H20N2O2S2/c20-23(21,17-12-6-7-13-18-17)19-15-10-4-5-11-16(15)22-14-8-2-1-3-9-14/h1-3,6-9,12-13,15-16,19H,4-5,10-11H2. The molecule has 2 aromatic rings. The van der Waals surface area contributed by atoms with Gasteiger partial charge in [-0.1, -0.05) is 37.1 Å². The maximum atomic E-state index is 12.5. The molecule has 1 fully saturated rings. The molecule has 1 N–H and O–H groups in total. The van der Waals surface area contributed by atoms with E-state index >= 15 is 0 Å². The number of nitrogens with one attached hydrogen (secondary N) is 1. The monoisotopic (exact) mass is 348 g/mol. The normalized spacial score (nSPS) is 21.9. The van der Waals surface area contributed by atoms with Gasteiger partial charge in [-0.05, 0) is 37.1 Å². The van der Waals surface area contributed by atoms with Crippen molar-refractivity contribution >= 4 is 21.8 Å². The Hall–Kier alpha value is -1.37. The third kappa shape index (κ3) is 4.34. The minimum absolute atomic E-state index is 0.0547. The molecule has 1 aromatic heterocycles. The highest BCUT2D eigenvalue weighted by atomic mass is 32.2. The topological polar surface area (TPSA) is 59.1 Å². The van der Waals surface area contributed by atoms with Crippen LogP contribution in [0.1, 0.15) is 25.7 Å². The second-order valence-corrected chi connectivity index (χ2v) is 8.62. The van der Waals surface area contributed by atoms with E-state index in [-0.39, 0.29) is 16.3 Å². The van der Waals surface area contributed by atoms with Crippen LogP contribution in [0.25, 0.3) is 0 Å². The Bertz CT molecular complexity index is 721. The SMILES string of the molecule is O=S(=O)(NC1CCCCC1Sc1ccccc1)c1ccccn1. The molecule has 0 bridgehead atoms. The number of thioether (sulfide) groups is 1. The third-order valence-corrected chi connectivity index (χ3v) is 6.77. The molecular weight excluding hydrogens is 328 g/mol. The molecule has 1 aromatic carbocycles. The molecule has 3 rings (SSSR count). The van der Waals surface area contributed by atoms with Crippen LogP contribution in [0.4, 0.5) is 0 Å². The van der Waals surface area contributed by atoms with E-state index in [0.29, 0.717) is 0 Å². The Labute approximate surface area is 141 Å². The van der Waals surface area contributed by atoms with Crippen molar-refractivity contribution in [2.24, 2.45) is 0 Å². The molecule has 122 valence electrons. The zero-order valence-electron chi connectivity index (χ0n) is 12.8. The van der Waals surface area contributed by atoms with Crippen molar-refractivity contribution in [2.45, 2.75) is 46.9 Å². The smallest absolute Gasteiger partial charge is 0.243 e. The Morgan fingerprint density at radius 2 is 1.74 bits per heavy atom.